The Labute approximate surface area is 203 Å². The lowest BCUT2D eigenvalue weighted by Crippen LogP contribution is -2.41. The van der Waals surface area contributed by atoms with Gasteiger partial charge < -0.3 is 34.7 Å². The van der Waals surface area contributed by atoms with Crippen molar-refractivity contribution in [3.05, 3.63) is 35.9 Å². The zero-order chi connectivity index (χ0) is 24.5. The van der Waals surface area contributed by atoms with Crippen LogP contribution in [0, 0.1) is 0 Å². The third kappa shape index (κ3) is 4.17. The monoisotopic (exact) mass is 479 g/mol. The number of aromatic nitrogens is 4. The maximum Gasteiger partial charge on any atom is 0.240 e. The number of hydrogen-bond acceptors (Lipinski definition) is 9. The number of anilines is 3. The van der Waals surface area contributed by atoms with E-state index in [4.69, 9.17) is 29.9 Å². The summed E-state index contributed by atoms with van der Waals surface area (Å²) in [5.74, 6) is 3.18. The second-order valence-electron chi connectivity index (χ2n) is 8.58. The highest BCUT2D eigenvalue weighted by Gasteiger charge is 2.32. The second kappa shape index (κ2) is 9.32. The predicted molar refractivity (Wildman–Crippen MR) is 130 cm³/mol. The topological polar surface area (TPSA) is 130 Å². The van der Waals surface area contributed by atoms with E-state index < -0.39 is 0 Å². The number of primary amides is 1. The van der Waals surface area contributed by atoms with E-state index in [1.54, 1.807) is 27.7 Å². The molecule has 11 heteroatoms. The maximum atomic E-state index is 11.9. The Bertz CT molecular complexity index is 1230. The van der Waals surface area contributed by atoms with Crippen molar-refractivity contribution in [3.8, 4) is 22.9 Å². The van der Waals surface area contributed by atoms with Crippen LogP contribution in [0.3, 0.4) is 0 Å². The first-order valence-corrected chi connectivity index (χ1v) is 11.6. The van der Waals surface area contributed by atoms with E-state index >= 15 is 0 Å². The number of fused-ring (bicyclic) bond motifs is 1. The lowest BCUT2D eigenvalue weighted by atomic mass is 10.2. The van der Waals surface area contributed by atoms with Gasteiger partial charge in [-0.05, 0) is 32.1 Å². The molecule has 2 aromatic heterocycles. The number of methoxy groups -OCH3 is 3. The minimum Gasteiger partial charge on any atom is -0.493 e. The van der Waals surface area contributed by atoms with Gasteiger partial charge in [0, 0.05) is 24.2 Å². The molecule has 1 saturated heterocycles. The van der Waals surface area contributed by atoms with Crippen molar-refractivity contribution in [1.82, 2.24) is 19.5 Å². The number of ether oxygens (including phenoxy) is 3. The number of benzene rings is 1. The molecule has 11 nitrogen and oxygen atoms in total. The number of nitrogens with one attached hydrogen (secondary N) is 1. The van der Waals surface area contributed by atoms with Crippen molar-refractivity contribution < 1.29 is 19.0 Å². The molecule has 0 saturated carbocycles. The quantitative estimate of drug-likeness (QED) is 0.500. The standard InChI is InChI=1S/C24H29N7O4/c1-33-18-10-14(11-19(34-2)21(18)35-3)30-12-20(26-13-30)28-23-15-6-4-7-16(15)27-24(29-23)31-9-5-8-17(31)22(25)32/h10-13,17H,4-9H2,1-3H3,(H2,25,32)(H,27,28,29). The molecule has 3 N–H and O–H groups in total. The molecule has 3 aromatic rings. The Kier molecular flexibility index (Phi) is 6.06. The van der Waals surface area contributed by atoms with E-state index in [0.29, 0.717) is 41.4 Å². The Morgan fingerprint density at radius 1 is 1.09 bits per heavy atom. The van der Waals surface area contributed by atoms with E-state index in [2.05, 4.69) is 10.3 Å². The number of nitrogens with two attached hydrogens (primary N) is 1. The van der Waals surface area contributed by atoms with Gasteiger partial charge in [0.2, 0.25) is 17.6 Å². The van der Waals surface area contributed by atoms with Crippen molar-refractivity contribution >= 4 is 23.5 Å². The lowest BCUT2D eigenvalue weighted by Gasteiger charge is -2.23. The fraction of sp³-hybridized carbons (Fsp3) is 0.417. The van der Waals surface area contributed by atoms with E-state index in [-0.39, 0.29) is 11.9 Å². The number of carbonyl (C=O) groups is 1. The first-order chi connectivity index (χ1) is 17.0. The molecular formula is C24H29N7O4. The van der Waals surface area contributed by atoms with Gasteiger partial charge in [-0.15, -0.1) is 0 Å². The molecule has 1 fully saturated rings. The number of aryl methyl sites for hydroxylation is 1. The average molecular weight is 480 g/mol. The first-order valence-electron chi connectivity index (χ1n) is 11.6. The fourth-order valence-electron chi connectivity index (χ4n) is 4.82. The molecule has 184 valence electrons. The molecule has 5 rings (SSSR count). The van der Waals surface area contributed by atoms with Gasteiger partial charge in [-0.25, -0.2) is 9.97 Å². The van der Waals surface area contributed by atoms with Gasteiger partial charge in [-0.3, -0.25) is 4.79 Å². The summed E-state index contributed by atoms with van der Waals surface area (Å²) in [5.41, 5.74) is 8.53. The molecule has 1 unspecified atom stereocenters. The Morgan fingerprint density at radius 2 is 1.86 bits per heavy atom. The zero-order valence-electron chi connectivity index (χ0n) is 20.1. The van der Waals surface area contributed by atoms with Crippen molar-refractivity contribution in [2.75, 3.05) is 38.1 Å². The molecule has 1 atom stereocenters. The van der Waals surface area contributed by atoms with E-state index in [9.17, 15) is 4.79 Å². The SMILES string of the molecule is COc1cc(-n2cnc(Nc3nc(N4CCCC4C(N)=O)nc4c3CCC4)c2)cc(OC)c1OC. The molecule has 1 aromatic carbocycles. The van der Waals surface area contributed by atoms with Gasteiger partial charge in [0.25, 0.3) is 0 Å². The summed E-state index contributed by atoms with van der Waals surface area (Å²) >= 11 is 0. The minimum atomic E-state index is -0.374. The molecule has 35 heavy (non-hydrogen) atoms. The molecule has 2 aliphatic rings. The van der Waals surface area contributed by atoms with E-state index in [1.165, 1.54) is 0 Å². The van der Waals surface area contributed by atoms with E-state index in [0.717, 1.165) is 49.0 Å². The minimum absolute atomic E-state index is 0.342. The molecule has 3 heterocycles. The fourth-order valence-corrected chi connectivity index (χ4v) is 4.82. The average Bonchev–Trinajstić information content (AvgIpc) is 3.63. The van der Waals surface area contributed by atoms with Crippen LogP contribution >= 0.6 is 0 Å². The van der Waals surface area contributed by atoms with Gasteiger partial charge in [-0.1, -0.05) is 0 Å². The van der Waals surface area contributed by atoms with Crippen LogP contribution in [0.25, 0.3) is 5.69 Å². The summed E-state index contributed by atoms with van der Waals surface area (Å²) in [7, 11) is 4.73. The Balaban J connectivity index is 1.46. The summed E-state index contributed by atoms with van der Waals surface area (Å²) in [6.07, 6.45) is 7.97. The zero-order valence-corrected chi connectivity index (χ0v) is 20.1. The number of rotatable bonds is 8. The molecule has 1 amide bonds. The number of imidazole rings is 1. The van der Waals surface area contributed by atoms with Crippen LogP contribution in [0.4, 0.5) is 17.6 Å². The molecule has 1 aliphatic heterocycles. The highest BCUT2D eigenvalue weighted by atomic mass is 16.5. The number of amides is 1. The van der Waals surface area contributed by atoms with E-state index in [1.807, 2.05) is 27.8 Å². The lowest BCUT2D eigenvalue weighted by molar-refractivity contribution is -0.119. The largest absolute Gasteiger partial charge is 0.493 e. The molecule has 1 aliphatic carbocycles. The van der Waals surface area contributed by atoms with Crippen LogP contribution in [0.15, 0.2) is 24.7 Å². The Hall–Kier alpha value is -4.02. The predicted octanol–water partition coefficient (Wildman–Crippen LogP) is 2.37. The first kappa shape index (κ1) is 22.8. The normalized spacial score (nSPS) is 16.8. The number of nitrogens with zero attached hydrogens (tertiary/aromatic N) is 5. The van der Waals surface area contributed by atoms with Crippen LogP contribution in [-0.2, 0) is 17.6 Å². The van der Waals surface area contributed by atoms with Crippen LogP contribution in [0.5, 0.6) is 17.2 Å². The third-order valence-electron chi connectivity index (χ3n) is 6.54. The summed E-state index contributed by atoms with van der Waals surface area (Å²) in [5, 5.41) is 3.37. The van der Waals surface area contributed by atoms with Gasteiger partial charge >= 0.3 is 0 Å². The second-order valence-corrected chi connectivity index (χ2v) is 8.58. The molecular weight excluding hydrogens is 450 g/mol. The van der Waals surface area contributed by atoms with Crippen molar-refractivity contribution in [2.24, 2.45) is 5.73 Å². The summed E-state index contributed by atoms with van der Waals surface area (Å²) in [6, 6.07) is 3.33. The summed E-state index contributed by atoms with van der Waals surface area (Å²) in [6.45, 7) is 0.710. The summed E-state index contributed by atoms with van der Waals surface area (Å²) < 4.78 is 18.2. The van der Waals surface area contributed by atoms with Crippen LogP contribution in [0.2, 0.25) is 0 Å². The highest BCUT2D eigenvalue weighted by Crippen LogP contribution is 2.39. The number of carbonyl (C=O) groups excluding carboxylic acids is 1. The summed E-state index contributed by atoms with van der Waals surface area (Å²) in [4.78, 5) is 28.0. The smallest absolute Gasteiger partial charge is 0.240 e. The van der Waals surface area contributed by atoms with Crippen LogP contribution in [-0.4, -0.2) is 59.3 Å². The highest BCUT2D eigenvalue weighted by molar-refractivity contribution is 5.83. The van der Waals surface area contributed by atoms with Crippen LogP contribution in [0.1, 0.15) is 30.5 Å². The molecule has 0 radical (unpaired) electrons. The Morgan fingerprint density at radius 3 is 2.54 bits per heavy atom. The maximum absolute atomic E-state index is 11.9. The van der Waals surface area contributed by atoms with Crippen molar-refractivity contribution in [2.45, 2.75) is 38.1 Å². The molecule has 0 spiro atoms. The molecule has 0 bridgehead atoms. The van der Waals surface area contributed by atoms with Gasteiger partial charge in [0.1, 0.15) is 24.0 Å². The van der Waals surface area contributed by atoms with Crippen molar-refractivity contribution in [3.63, 3.8) is 0 Å². The van der Waals surface area contributed by atoms with Crippen molar-refractivity contribution in [1.29, 1.82) is 0 Å². The van der Waals surface area contributed by atoms with Gasteiger partial charge in [0.05, 0.1) is 38.9 Å². The van der Waals surface area contributed by atoms with Gasteiger partial charge in [0.15, 0.2) is 11.5 Å². The van der Waals surface area contributed by atoms with Gasteiger partial charge in [-0.2, -0.15) is 4.98 Å². The number of hydrogen-bond donors (Lipinski definition) is 2. The third-order valence-corrected chi connectivity index (χ3v) is 6.54. The van der Waals surface area contributed by atoms with Crippen LogP contribution < -0.4 is 30.2 Å².